The van der Waals surface area contributed by atoms with Crippen molar-refractivity contribution in [2.24, 2.45) is 0 Å². The van der Waals surface area contributed by atoms with E-state index >= 15 is 0 Å². The van der Waals surface area contributed by atoms with Crippen molar-refractivity contribution in [3.8, 4) is 0 Å². The van der Waals surface area contributed by atoms with Crippen LogP contribution in [-0.2, 0) is 17.6 Å². The Morgan fingerprint density at radius 3 is 2.60 bits per heavy atom. The number of rotatable bonds is 5. The number of hydrogen-bond acceptors (Lipinski definition) is 3. The van der Waals surface area contributed by atoms with Gasteiger partial charge in [-0.25, -0.2) is 0 Å². The zero-order valence-electron chi connectivity index (χ0n) is 11.0. The molecule has 0 bridgehead atoms. The van der Waals surface area contributed by atoms with Gasteiger partial charge in [0.1, 0.15) is 0 Å². The molecule has 1 amide bonds. The fourth-order valence-corrected chi connectivity index (χ4v) is 1.89. The second kappa shape index (κ2) is 6.91. The number of hydrogen-bond donors (Lipinski definition) is 2. The van der Waals surface area contributed by atoms with Crippen molar-refractivity contribution in [1.29, 1.82) is 0 Å². The molecule has 0 aliphatic carbocycles. The summed E-state index contributed by atoms with van der Waals surface area (Å²) >= 11 is 5.81. The number of carbonyl (C=O) groups excluding carboxylic acids is 1. The maximum absolute atomic E-state index is 11.7. The molecule has 1 aromatic heterocycles. The fourth-order valence-electron chi connectivity index (χ4n) is 1.76. The first-order valence-corrected chi connectivity index (χ1v) is 6.73. The molecule has 0 saturated heterocycles. The van der Waals surface area contributed by atoms with E-state index in [1.165, 1.54) is 0 Å². The molecule has 20 heavy (non-hydrogen) atoms. The fraction of sp³-hybridized carbons (Fsp3) is 0.200. The minimum absolute atomic E-state index is 0.0452. The van der Waals surface area contributed by atoms with E-state index in [9.17, 15) is 4.79 Å². The second-order valence-electron chi connectivity index (χ2n) is 4.49. The van der Waals surface area contributed by atoms with E-state index in [4.69, 9.17) is 17.3 Å². The third kappa shape index (κ3) is 4.55. The highest BCUT2D eigenvalue weighted by atomic mass is 35.5. The molecule has 3 N–H and O–H groups in total. The SMILES string of the molecule is Nc1ccc(CC(=O)NCCc2ccc(Cl)cc2)nc1. The van der Waals surface area contributed by atoms with Gasteiger partial charge in [-0.2, -0.15) is 0 Å². The molecular formula is C15H16ClN3O. The summed E-state index contributed by atoms with van der Waals surface area (Å²) < 4.78 is 0. The topological polar surface area (TPSA) is 68.0 Å². The van der Waals surface area contributed by atoms with Crippen LogP contribution >= 0.6 is 11.6 Å². The van der Waals surface area contributed by atoms with E-state index in [1.54, 1.807) is 18.3 Å². The molecule has 0 aliphatic rings. The maximum Gasteiger partial charge on any atom is 0.226 e. The van der Waals surface area contributed by atoms with Gasteiger partial charge >= 0.3 is 0 Å². The van der Waals surface area contributed by atoms with Crippen LogP contribution in [0.5, 0.6) is 0 Å². The molecule has 0 fully saturated rings. The Labute approximate surface area is 123 Å². The molecule has 104 valence electrons. The van der Waals surface area contributed by atoms with Crippen molar-refractivity contribution in [3.63, 3.8) is 0 Å². The number of amides is 1. The molecule has 0 saturated carbocycles. The average Bonchev–Trinajstić information content (AvgIpc) is 2.44. The molecule has 0 spiro atoms. The number of nitrogens with one attached hydrogen (secondary N) is 1. The Morgan fingerprint density at radius 1 is 1.20 bits per heavy atom. The van der Waals surface area contributed by atoms with Gasteiger partial charge in [-0.05, 0) is 36.2 Å². The Balaban J connectivity index is 1.75. The number of anilines is 1. The van der Waals surface area contributed by atoms with Gasteiger partial charge in [-0.1, -0.05) is 23.7 Å². The number of benzene rings is 1. The summed E-state index contributed by atoms with van der Waals surface area (Å²) in [6.07, 6.45) is 2.59. The monoisotopic (exact) mass is 289 g/mol. The highest BCUT2D eigenvalue weighted by molar-refractivity contribution is 6.30. The molecule has 5 heteroatoms. The zero-order valence-corrected chi connectivity index (χ0v) is 11.7. The van der Waals surface area contributed by atoms with E-state index in [0.717, 1.165) is 12.0 Å². The van der Waals surface area contributed by atoms with Crippen LogP contribution < -0.4 is 11.1 Å². The van der Waals surface area contributed by atoms with E-state index in [1.807, 2.05) is 24.3 Å². The molecule has 0 unspecified atom stereocenters. The Bertz CT molecular complexity index is 567. The number of pyridine rings is 1. The standard InChI is InChI=1S/C15H16ClN3O/c16-12-3-1-11(2-4-12)7-8-18-15(20)9-14-6-5-13(17)10-19-14/h1-6,10H,7-9,17H2,(H,18,20). The van der Waals surface area contributed by atoms with Crippen molar-refractivity contribution in [1.82, 2.24) is 10.3 Å². The lowest BCUT2D eigenvalue weighted by atomic mass is 10.1. The molecule has 0 radical (unpaired) electrons. The molecule has 1 heterocycles. The molecule has 4 nitrogen and oxygen atoms in total. The Morgan fingerprint density at radius 2 is 1.95 bits per heavy atom. The first-order valence-electron chi connectivity index (χ1n) is 6.35. The maximum atomic E-state index is 11.7. The van der Waals surface area contributed by atoms with Gasteiger partial charge in [-0.3, -0.25) is 9.78 Å². The van der Waals surface area contributed by atoms with Gasteiger partial charge in [0.2, 0.25) is 5.91 Å². The molecule has 0 aliphatic heterocycles. The van der Waals surface area contributed by atoms with E-state index in [0.29, 0.717) is 22.9 Å². The molecule has 0 atom stereocenters. The summed E-state index contributed by atoms with van der Waals surface area (Å²) in [6, 6.07) is 11.1. The van der Waals surface area contributed by atoms with Crippen molar-refractivity contribution >= 4 is 23.2 Å². The van der Waals surface area contributed by atoms with Gasteiger partial charge in [-0.15, -0.1) is 0 Å². The quantitative estimate of drug-likeness (QED) is 0.887. The first-order chi connectivity index (χ1) is 9.63. The zero-order chi connectivity index (χ0) is 14.4. The van der Waals surface area contributed by atoms with Crippen LogP contribution in [0.2, 0.25) is 5.02 Å². The van der Waals surface area contributed by atoms with Gasteiger partial charge in [0, 0.05) is 17.3 Å². The van der Waals surface area contributed by atoms with E-state index < -0.39 is 0 Å². The van der Waals surface area contributed by atoms with Crippen LogP contribution in [0.4, 0.5) is 5.69 Å². The number of aromatic nitrogens is 1. The first kappa shape index (κ1) is 14.3. The van der Waals surface area contributed by atoms with Crippen LogP contribution in [0.25, 0.3) is 0 Å². The summed E-state index contributed by atoms with van der Waals surface area (Å²) in [7, 11) is 0. The van der Waals surface area contributed by atoms with Gasteiger partial charge in [0.15, 0.2) is 0 Å². The van der Waals surface area contributed by atoms with Gasteiger partial charge in [0.05, 0.1) is 18.3 Å². The van der Waals surface area contributed by atoms with Crippen LogP contribution in [0.15, 0.2) is 42.6 Å². The summed E-state index contributed by atoms with van der Waals surface area (Å²) in [5.41, 5.74) is 7.99. The van der Waals surface area contributed by atoms with Crippen LogP contribution in [0.3, 0.4) is 0 Å². The average molecular weight is 290 g/mol. The second-order valence-corrected chi connectivity index (χ2v) is 4.92. The lowest BCUT2D eigenvalue weighted by Crippen LogP contribution is -2.27. The lowest BCUT2D eigenvalue weighted by molar-refractivity contribution is -0.120. The van der Waals surface area contributed by atoms with Crippen molar-refractivity contribution in [2.75, 3.05) is 12.3 Å². The number of nitrogen functional groups attached to an aromatic ring is 1. The number of carbonyl (C=O) groups is 1. The number of halogens is 1. The van der Waals surface area contributed by atoms with Crippen molar-refractivity contribution in [2.45, 2.75) is 12.8 Å². The lowest BCUT2D eigenvalue weighted by Gasteiger charge is -2.05. The Hall–Kier alpha value is -2.07. The highest BCUT2D eigenvalue weighted by Crippen LogP contribution is 2.09. The summed E-state index contributed by atoms with van der Waals surface area (Å²) in [5, 5.41) is 3.58. The summed E-state index contributed by atoms with van der Waals surface area (Å²) in [5.74, 6) is -0.0452. The van der Waals surface area contributed by atoms with Gasteiger partial charge in [0.25, 0.3) is 0 Å². The number of nitrogens with two attached hydrogens (primary N) is 1. The summed E-state index contributed by atoms with van der Waals surface area (Å²) in [6.45, 7) is 0.593. The third-order valence-corrected chi connectivity index (χ3v) is 3.09. The van der Waals surface area contributed by atoms with Crippen molar-refractivity contribution in [3.05, 3.63) is 58.9 Å². The highest BCUT2D eigenvalue weighted by Gasteiger charge is 2.04. The predicted octanol–water partition coefficient (Wildman–Crippen LogP) is 2.22. The minimum atomic E-state index is -0.0452. The van der Waals surface area contributed by atoms with Crippen LogP contribution in [0.1, 0.15) is 11.3 Å². The Kier molecular flexibility index (Phi) is 4.96. The van der Waals surface area contributed by atoms with E-state index in [2.05, 4.69) is 10.3 Å². The number of nitrogens with zero attached hydrogens (tertiary/aromatic N) is 1. The molecular weight excluding hydrogens is 274 g/mol. The third-order valence-electron chi connectivity index (χ3n) is 2.84. The minimum Gasteiger partial charge on any atom is -0.397 e. The largest absolute Gasteiger partial charge is 0.397 e. The molecule has 2 rings (SSSR count). The van der Waals surface area contributed by atoms with Crippen LogP contribution in [0, 0.1) is 0 Å². The molecule has 2 aromatic rings. The predicted molar refractivity (Wildman–Crippen MR) is 80.5 cm³/mol. The molecule has 1 aromatic carbocycles. The normalized spacial score (nSPS) is 10.2. The van der Waals surface area contributed by atoms with Gasteiger partial charge < -0.3 is 11.1 Å². The van der Waals surface area contributed by atoms with Crippen molar-refractivity contribution < 1.29 is 4.79 Å². The summed E-state index contributed by atoms with van der Waals surface area (Å²) in [4.78, 5) is 15.8. The van der Waals surface area contributed by atoms with E-state index in [-0.39, 0.29) is 12.3 Å². The van der Waals surface area contributed by atoms with Crippen LogP contribution in [-0.4, -0.2) is 17.4 Å². The smallest absolute Gasteiger partial charge is 0.226 e.